The molecule has 106 valence electrons. The van der Waals surface area contributed by atoms with Crippen LogP contribution in [-0.4, -0.2) is 12.1 Å². The quantitative estimate of drug-likeness (QED) is 0.584. The minimum atomic E-state index is -0.639. The average molecular weight is 276 g/mol. The lowest BCUT2D eigenvalue weighted by Gasteiger charge is -2.22. The van der Waals surface area contributed by atoms with Crippen LogP contribution in [0.25, 0.3) is 0 Å². The van der Waals surface area contributed by atoms with Crippen LogP contribution >= 0.6 is 0 Å². The van der Waals surface area contributed by atoms with Crippen molar-refractivity contribution in [2.24, 2.45) is 5.84 Å². The van der Waals surface area contributed by atoms with Gasteiger partial charge < -0.3 is 10.5 Å². The molecule has 0 aliphatic carbocycles. The largest absolute Gasteiger partial charge is 0.496 e. The van der Waals surface area contributed by atoms with Gasteiger partial charge in [0.05, 0.1) is 18.7 Å². The Morgan fingerprint density at radius 3 is 2.65 bits per heavy atom. The molecule has 5 N–H and O–H groups in total. The second-order valence-corrected chi connectivity index (χ2v) is 4.38. The number of nitrogens with zero attached hydrogens (tertiary/aromatic N) is 1. The summed E-state index contributed by atoms with van der Waals surface area (Å²) in [5, 5.41) is 0. The molecular weight excluding hydrogens is 259 g/mol. The smallest absolute Gasteiger partial charge is 0.132 e. The molecule has 0 radical (unpaired) electrons. The predicted octanol–water partition coefficient (Wildman–Crippen LogP) is 1.67. The summed E-state index contributed by atoms with van der Waals surface area (Å²) in [5.74, 6) is 5.89. The van der Waals surface area contributed by atoms with Crippen LogP contribution in [0.5, 0.6) is 5.75 Å². The van der Waals surface area contributed by atoms with Crippen molar-refractivity contribution >= 4 is 5.82 Å². The Morgan fingerprint density at radius 2 is 2.05 bits per heavy atom. The molecule has 1 atom stereocenters. The summed E-state index contributed by atoms with van der Waals surface area (Å²) in [5.41, 5.74) is 10.3. The van der Waals surface area contributed by atoms with Gasteiger partial charge in [0.2, 0.25) is 0 Å². The number of aromatic nitrogens is 1. The summed E-state index contributed by atoms with van der Waals surface area (Å²) in [7, 11) is 1.48. The van der Waals surface area contributed by atoms with E-state index in [-0.39, 0.29) is 0 Å². The minimum Gasteiger partial charge on any atom is -0.496 e. The van der Waals surface area contributed by atoms with Gasteiger partial charge in [0.15, 0.2) is 0 Å². The first kappa shape index (κ1) is 14.2. The second kappa shape index (κ2) is 5.85. The fraction of sp³-hybridized carbons (Fsp3) is 0.214. The van der Waals surface area contributed by atoms with Crippen LogP contribution < -0.4 is 21.7 Å². The highest BCUT2D eigenvalue weighted by Crippen LogP contribution is 2.34. The number of aryl methyl sites for hydroxylation is 1. The number of anilines is 1. The number of benzene rings is 1. The first-order valence-electron chi connectivity index (χ1n) is 6.09. The Labute approximate surface area is 116 Å². The third-order valence-electron chi connectivity index (χ3n) is 3.22. The topological polar surface area (TPSA) is 86.2 Å². The van der Waals surface area contributed by atoms with Gasteiger partial charge in [0.25, 0.3) is 0 Å². The minimum absolute atomic E-state index is 0.304. The van der Waals surface area contributed by atoms with E-state index in [4.69, 9.17) is 16.3 Å². The Bertz CT molecular complexity index is 598. The van der Waals surface area contributed by atoms with Crippen molar-refractivity contribution in [1.29, 1.82) is 0 Å². The fourth-order valence-corrected chi connectivity index (χ4v) is 2.25. The lowest BCUT2D eigenvalue weighted by molar-refractivity contribution is 0.397. The third kappa shape index (κ3) is 2.43. The maximum atomic E-state index is 14.2. The standard InChI is InChI=1S/C14H17FN4O/c1-8-6-7-18-14(16)11(8)13(19-17)12-9(15)4-3-5-10(12)20-2/h3-7,13,19H,17H2,1-2H3,(H2,16,18). The highest BCUT2D eigenvalue weighted by atomic mass is 19.1. The van der Waals surface area contributed by atoms with Gasteiger partial charge in [0, 0.05) is 11.8 Å². The van der Waals surface area contributed by atoms with Crippen LogP contribution in [0.2, 0.25) is 0 Å². The number of hydrazine groups is 1. The number of methoxy groups -OCH3 is 1. The molecule has 0 aliphatic heterocycles. The molecule has 1 unspecified atom stereocenters. The highest BCUT2D eigenvalue weighted by molar-refractivity contribution is 5.52. The molecule has 0 spiro atoms. The molecule has 5 nitrogen and oxygen atoms in total. The van der Waals surface area contributed by atoms with Crippen LogP contribution in [0.4, 0.5) is 10.2 Å². The SMILES string of the molecule is COc1cccc(F)c1C(NN)c1c(C)ccnc1N. The molecule has 20 heavy (non-hydrogen) atoms. The van der Waals surface area contributed by atoms with Gasteiger partial charge >= 0.3 is 0 Å². The van der Waals surface area contributed by atoms with Gasteiger partial charge in [-0.3, -0.25) is 5.84 Å². The molecule has 1 aromatic heterocycles. The van der Waals surface area contributed by atoms with E-state index in [1.54, 1.807) is 24.4 Å². The summed E-state index contributed by atoms with van der Waals surface area (Å²) in [6.07, 6.45) is 1.60. The van der Waals surface area contributed by atoms with E-state index in [2.05, 4.69) is 10.4 Å². The number of hydrogen-bond acceptors (Lipinski definition) is 5. The zero-order valence-electron chi connectivity index (χ0n) is 11.4. The van der Waals surface area contributed by atoms with Crippen molar-refractivity contribution in [3.8, 4) is 5.75 Å². The molecule has 1 aromatic carbocycles. The van der Waals surface area contributed by atoms with E-state index in [0.29, 0.717) is 22.7 Å². The number of nitrogens with one attached hydrogen (secondary N) is 1. The summed E-state index contributed by atoms with van der Waals surface area (Å²) in [6.45, 7) is 1.87. The van der Waals surface area contributed by atoms with Gasteiger partial charge in [-0.2, -0.15) is 0 Å². The van der Waals surface area contributed by atoms with Crippen LogP contribution in [0.3, 0.4) is 0 Å². The van der Waals surface area contributed by atoms with Crippen LogP contribution in [0.15, 0.2) is 30.5 Å². The number of rotatable bonds is 4. The Balaban J connectivity index is 2.65. The van der Waals surface area contributed by atoms with E-state index in [1.165, 1.54) is 13.2 Å². The average Bonchev–Trinajstić information content (AvgIpc) is 2.43. The van der Waals surface area contributed by atoms with Gasteiger partial charge in [-0.05, 0) is 30.7 Å². The van der Waals surface area contributed by atoms with Crippen molar-refractivity contribution < 1.29 is 9.13 Å². The predicted molar refractivity (Wildman–Crippen MR) is 75.5 cm³/mol. The van der Waals surface area contributed by atoms with E-state index >= 15 is 0 Å². The Hall–Kier alpha value is -2.18. The lowest BCUT2D eigenvalue weighted by atomic mass is 9.95. The Morgan fingerprint density at radius 1 is 1.30 bits per heavy atom. The van der Waals surface area contributed by atoms with Gasteiger partial charge in [0.1, 0.15) is 17.4 Å². The van der Waals surface area contributed by atoms with Crippen molar-refractivity contribution in [2.75, 3.05) is 12.8 Å². The molecule has 0 amide bonds. The molecular formula is C14H17FN4O. The summed E-state index contributed by atoms with van der Waals surface area (Å²) in [6, 6.07) is 5.75. The van der Waals surface area contributed by atoms with Crippen molar-refractivity contribution in [2.45, 2.75) is 13.0 Å². The molecule has 0 saturated carbocycles. The van der Waals surface area contributed by atoms with Crippen LogP contribution in [0.1, 0.15) is 22.7 Å². The second-order valence-electron chi connectivity index (χ2n) is 4.38. The van der Waals surface area contributed by atoms with E-state index in [9.17, 15) is 4.39 Å². The van der Waals surface area contributed by atoms with Gasteiger partial charge in [-0.25, -0.2) is 14.8 Å². The van der Waals surface area contributed by atoms with Gasteiger partial charge in [-0.15, -0.1) is 0 Å². The molecule has 2 aromatic rings. The molecule has 0 bridgehead atoms. The first-order chi connectivity index (χ1) is 9.60. The summed E-state index contributed by atoms with van der Waals surface area (Å²) in [4.78, 5) is 4.04. The van der Waals surface area contributed by atoms with Crippen molar-refractivity contribution in [3.63, 3.8) is 0 Å². The van der Waals surface area contributed by atoms with Crippen molar-refractivity contribution in [1.82, 2.24) is 10.4 Å². The van der Waals surface area contributed by atoms with E-state index in [1.807, 2.05) is 6.92 Å². The molecule has 1 heterocycles. The van der Waals surface area contributed by atoms with E-state index < -0.39 is 11.9 Å². The lowest BCUT2D eigenvalue weighted by Crippen LogP contribution is -2.31. The number of nitrogen functional groups attached to an aromatic ring is 1. The Kier molecular flexibility index (Phi) is 4.16. The highest BCUT2D eigenvalue weighted by Gasteiger charge is 2.24. The first-order valence-corrected chi connectivity index (χ1v) is 6.09. The number of nitrogens with two attached hydrogens (primary N) is 2. The fourth-order valence-electron chi connectivity index (χ4n) is 2.25. The number of halogens is 1. The van der Waals surface area contributed by atoms with Crippen LogP contribution in [-0.2, 0) is 0 Å². The van der Waals surface area contributed by atoms with Crippen LogP contribution in [0, 0.1) is 12.7 Å². The number of ether oxygens (including phenoxy) is 1. The maximum absolute atomic E-state index is 14.2. The van der Waals surface area contributed by atoms with Gasteiger partial charge in [-0.1, -0.05) is 6.07 Å². The summed E-state index contributed by atoms with van der Waals surface area (Å²) >= 11 is 0. The summed E-state index contributed by atoms with van der Waals surface area (Å²) < 4.78 is 19.4. The molecule has 0 aliphatic rings. The molecule has 0 fully saturated rings. The zero-order chi connectivity index (χ0) is 14.7. The molecule has 6 heteroatoms. The zero-order valence-corrected chi connectivity index (χ0v) is 11.4. The third-order valence-corrected chi connectivity index (χ3v) is 3.22. The molecule has 2 rings (SSSR count). The molecule has 0 saturated heterocycles. The van der Waals surface area contributed by atoms with E-state index in [0.717, 1.165) is 5.56 Å². The number of hydrogen-bond donors (Lipinski definition) is 3. The number of pyridine rings is 1. The monoisotopic (exact) mass is 276 g/mol. The maximum Gasteiger partial charge on any atom is 0.132 e. The normalized spacial score (nSPS) is 12.2. The van der Waals surface area contributed by atoms with Crippen molar-refractivity contribution in [3.05, 3.63) is 53.0 Å².